The number of esters is 1. The van der Waals surface area contributed by atoms with Gasteiger partial charge < -0.3 is 20.1 Å². The molecule has 0 spiro atoms. The van der Waals surface area contributed by atoms with Crippen molar-refractivity contribution in [2.24, 2.45) is 5.92 Å². The van der Waals surface area contributed by atoms with E-state index in [-0.39, 0.29) is 11.9 Å². The Hall–Kier alpha value is -3.28. The third-order valence-corrected chi connectivity index (χ3v) is 4.78. The predicted octanol–water partition coefficient (Wildman–Crippen LogP) is 4.40. The van der Waals surface area contributed by atoms with Crippen LogP contribution in [0.5, 0.6) is 5.75 Å². The lowest BCUT2D eigenvalue weighted by Crippen LogP contribution is -2.45. The van der Waals surface area contributed by atoms with E-state index in [1.807, 2.05) is 69.3 Å². The van der Waals surface area contributed by atoms with Gasteiger partial charge in [0.2, 0.25) is 0 Å². The molecule has 30 heavy (non-hydrogen) atoms. The summed E-state index contributed by atoms with van der Waals surface area (Å²) in [4.78, 5) is 25.0. The minimum absolute atomic E-state index is 0.213. The van der Waals surface area contributed by atoms with Crippen LogP contribution in [0.1, 0.15) is 43.5 Å². The number of benzene rings is 2. The molecule has 1 atom stereocenters. The maximum atomic E-state index is 12.8. The maximum Gasteiger partial charge on any atom is 0.338 e. The fourth-order valence-corrected chi connectivity index (χ4v) is 3.21. The van der Waals surface area contributed by atoms with Crippen molar-refractivity contribution in [1.82, 2.24) is 10.6 Å². The molecule has 0 aromatic heterocycles. The molecule has 1 aliphatic rings. The van der Waals surface area contributed by atoms with Gasteiger partial charge in [-0.1, -0.05) is 61.9 Å². The van der Waals surface area contributed by atoms with Gasteiger partial charge in [-0.2, -0.15) is 0 Å². The normalized spacial score (nSPS) is 16.2. The Labute approximate surface area is 177 Å². The number of carbonyl (C=O) groups excluding carboxylic acids is 2. The first-order valence-corrected chi connectivity index (χ1v) is 10.1. The van der Waals surface area contributed by atoms with E-state index in [4.69, 9.17) is 9.47 Å². The Kier molecular flexibility index (Phi) is 6.77. The fourth-order valence-electron chi connectivity index (χ4n) is 3.21. The fraction of sp³-hybridized carbons (Fsp3) is 0.333. The van der Waals surface area contributed by atoms with E-state index >= 15 is 0 Å². The van der Waals surface area contributed by atoms with E-state index in [2.05, 4.69) is 10.6 Å². The van der Waals surface area contributed by atoms with Gasteiger partial charge in [0, 0.05) is 11.3 Å². The number of carbonyl (C=O) groups is 2. The van der Waals surface area contributed by atoms with E-state index in [9.17, 15) is 9.59 Å². The van der Waals surface area contributed by atoms with Gasteiger partial charge in [0.05, 0.1) is 18.2 Å². The van der Waals surface area contributed by atoms with Crippen LogP contribution in [0, 0.1) is 12.8 Å². The number of urea groups is 1. The van der Waals surface area contributed by atoms with Gasteiger partial charge in [0.25, 0.3) is 0 Å². The summed E-state index contributed by atoms with van der Waals surface area (Å²) in [7, 11) is 0. The highest BCUT2D eigenvalue weighted by molar-refractivity contribution is 5.95. The van der Waals surface area contributed by atoms with Crippen LogP contribution in [0.3, 0.4) is 0 Å². The van der Waals surface area contributed by atoms with E-state index in [1.165, 1.54) is 5.56 Å². The standard InChI is InChI=1S/C24H28N2O4/c1-15(2)13-30-23(27)21-17(4)25-24(28)26-22(21)19-7-5-6-8-20(19)29-14-18-11-9-16(3)10-12-18/h5-12,15,22H,13-14H2,1-4H3,(H2,25,26,28). The highest BCUT2D eigenvalue weighted by Gasteiger charge is 2.34. The topological polar surface area (TPSA) is 76.7 Å². The first kappa shape index (κ1) is 21.4. The zero-order valence-electron chi connectivity index (χ0n) is 17.8. The molecule has 0 radical (unpaired) electrons. The molecule has 6 heteroatoms. The van der Waals surface area contributed by atoms with Crippen molar-refractivity contribution in [3.8, 4) is 5.75 Å². The number of allylic oxidation sites excluding steroid dienone is 1. The number of amides is 2. The van der Waals surface area contributed by atoms with Crippen LogP contribution < -0.4 is 15.4 Å². The molecule has 0 saturated carbocycles. The number of aryl methyl sites for hydroxylation is 1. The molecule has 0 bridgehead atoms. The summed E-state index contributed by atoms with van der Waals surface area (Å²) in [6.07, 6.45) is 0. The summed E-state index contributed by atoms with van der Waals surface area (Å²) < 4.78 is 11.5. The highest BCUT2D eigenvalue weighted by atomic mass is 16.5. The van der Waals surface area contributed by atoms with Crippen LogP contribution in [0.2, 0.25) is 0 Å². The molecule has 2 amide bonds. The molecule has 2 aromatic rings. The molecule has 1 heterocycles. The predicted molar refractivity (Wildman–Crippen MR) is 115 cm³/mol. The lowest BCUT2D eigenvalue weighted by molar-refractivity contribution is -0.140. The van der Waals surface area contributed by atoms with Crippen LogP contribution in [0.25, 0.3) is 0 Å². The molecular weight excluding hydrogens is 380 g/mol. The van der Waals surface area contributed by atoms with Crippen LogP contribution in [-0.2, 0) is 16.1 Å². The number of ether oxygens (including phenoxy) is 2. The first-order valence-electron chi connectivity index (χ1n) is 10.1. The Balaban J connectivity index is 1.88. The van der Waals surface area contributed by atoms with Crippen molar-refractivity contribution in [2.45, 2.75) is 40.3 Å². The van der Waals surface area contributed by atoms with Gasteiger partial charge in [-0.3, -0.25) is 0 Å². The molecular formula is C24H28N2O4. The van der Waals surface area contributed by atoms with E-state index in [0.29, 0.717) is 35.8 Å². The second-order valence-corrected chi connectivity index (χ2v) is 7.87. The van der Waals surface area contributed by atoms with Crippen LogP contribution >= 0.6 is 0 Å². The minimum Gasteiger partial charge on any atom is -0.489 e. The molecule has 1 unspecified atom stereocenters. The molecule has 6 nitrogen and oxygen atoms in total. The molecule has 0 fully saturated rings. The van der Waals surface area contributed by atoms with Crippen molar-refractivity contribution in [3.63, 3.8) is 0 Å². The zero-order valence-corrected chi connectivity index (χ0v) is 17.8. The summed E-state index contributed by atoms with van der Waals surface area (Å²) in [6.45, 7) is 8.37. The van der Waals surface area contributed by atoms with E-state index < -0.39 is 12.0 Å². The molecule has 2 N–H and O–H groups in total. The number of para-hydroxylation sites is 1. The Morgan fingerprint density at radius 3 is 2.47 bits per heavy atom. The van der Waals surface area contributed by atoms with Gasteiger partial charge in [-0.25, -0.2) is 9.59 Å². The summed E-state index contributed by atoms with van der Waals surface area (Å²) in [5, 5.41) is 5.51. The van der Waals surface area contributed by atoms with Crippen molar-refractivity contribution >= 4 is 12.0 Å². The third-order valence-electron chi connectivity index (χ3n) is 4.78. The molecule has 158 valence electrons. The van der Waals surface area contributed by atoms with Gasteiger partial charge in [0.15, 0.2) is 0 Å². The smallest absolute Gasteiger partial charge is 0.338 e. The van der Waals surface area contributed by atoms with Crippen molar-refractivity contribution in [1.29, 1.82) is 0 Å². The summed E-state index contributed by atoms with van der Waals surface area (Å²) in [6, 6.07) is 14.5. The maximum absolute atomic E-state index is 12.8. The number of hydrogen-bond donors (Lipinski definition) is 2. The van der Waals surface area contributed by atoms with Gasteiger partial charge in [-0.15, -0.1) is 0 Å². The minimum atomic E-state index is -0.660. The average Bonchev–Trinajstić information content (AvgIpc) is 2.71. The number of rotatable bonds is 7. The molecule has 3 rings (SSSR count). The van der Waals surface area contributed by atoms with Gasteiger partial charge in [0.1, 0.15) is 12.4 Å². The summed E-state index contributed by atoms with van der Waals surface area (Å²) in [5.41, 5.74) is 3.78. The first-order chi connectivity index (χ1) is 14.3. The molecule has 0 aliphatic carbocycles. The van der Waals surface area contributed by atoms with Crippen LogP contribution in [-0.4, -0.2) is 18.6 Å². The van der Waals surface area contributed by atoms with Crippen molar-refractivity contribution in [3.05, 3.63) is 76.5 Å². The summed E-state index contributed by atoms with van der Waals surface area (Å²) in [5.74, 6) is 0.365. The Morgan fingerprint density at radius 2 is 1.77 bits per heavy atom. The van der Waals surface area contributed by atoms with Crippen LogP contribution in [0.4, 0.5) is 4.79 Å². The largest absolute Gasteiger partial charge is 0.489 e. The number of hydrogen-bond acceptors (Lipinski definition) is 4. The monoisotopic (exact) mass is 408 g/mol. The average molecular weight is 408 g/mol. The second kappa shape index (κ2) is 9.48. The number of nitrogens with one attached hydrogen (secondary N) is 2. The highest BCUT2D eigenvalue weighted by Crippen LogP contribution is 2.34. The third kappa shape index (κ3) is 5.20. The van der Waals surface area contributed by atoms with Crippen LogP contribution in [0.15, 0.2) is 59.8 Å². The van der Waals surface area contributed by atoms with Gasteiger partial charge >= 0.3 is 12.0 Å². The lowest BCUT2D eigenvalue weighted by Gasteiger charge is -2.29. The van der Waals surface area contributed by atoms with Gasteiger partial charge in [-0.05, 0) is 31.4 Å². The van der Waals surface area contributed by atoms with E-state index in [1.54, 1.807) is 6.92 Å². The second-order valence-electron chi connectivity index (χ2n) is 7.87. The lowest BCUT2D eigenvalue weighted by atomic mass is 9.95. The zero-order chi connectivity index (χ0) is 21.7. The Morgan fingerprint density at radius 1 is 1.07 bits per heavy atom. The van der Waals surface area contributed by atoms with Crippen molar-refractivity contribution in [2.75, 3.05) is 6.61 Å². The van der Waals surface area contributed by atoms with Crippen molar-refractivity contribution < 1.29 is 19.1 Å². The summed E-state index contributed by atoms with van der Waals surface area (Å²) >= 11 is 0. The Bertz CT molecular complexity index is 948. The molecule has 2 aromatic carbocycles. The SMILES string of the molecule is CC1=C(C(=O)OCC(C)C)C(c2ccccc2OCc2ccc(C)cc2)NC(=O)N1. The molecule has 1 aliphatic heterocycles. The quantitative estimate of drug-likeness (QED) is 0.666. The van der Waals surface area contributed by atoms with E-state index in [0.717, 1.165) is 5.56 Å². The molecule has 0 saturated heterocycles.